The van der Waals surface area contributed by atoms with Crippen LogP contribution < -0.4 is 5.63 Å². The molecule has 1 aromatic heterocycles. The van der Waals surface area contributed by atoms with Crippen LogP contribution in [-0.2, 0) is 0 Å². The number of rotatable bonds is 1. The first-order valence-electron chi connectivity index (χ1n) is 7.22. The first kappa shape index (κ1) is 13.3. The Hall–Kier alpha value is -3.38. The van der Waals surface area contributed by atoms with E-state index in [1.54, 1.807) is 24.3 Å². The zero-order chi connectivity index (χ0) is 15.8. The van der Waals surface area contributed by atoms with E-state index in [0.29, 0.717) is 16.5 Å². The third-order valence-electron chi connectivity index (χ3n) is 3.95. The third kappa shape index (κ3) is 2.18. The molecule has 0 radical (unpaired) electrons. The van der Waals surface area contributed by atoms with Crippen molar-refractivity contribution in [1.29, 1.82) is 5.26 Å². The van der Waals surface area contributed by atoms with Gasteiger partial charge in [-0.1, -0.05) is 36.4 Å². The fourth-order valence-corrected chi connectivity index (χ4v) is 2.81. The van der Waals surface area contributed by atoms with Crippen molar-refractivity contribution in [3.8, 4) is 17.2 Å². The normalized spacial score (nSPS) is 10.7. The SMILES string of the molecule is N#Cc1ccc2oc(=O)c3ccc(-c4ccccc4)cc3c2c1. The summed E-state index contributed by atoms with van der Waals surface area (Å²) >= 11 is 0. The van der Waals surface area contributed by atoms with Crippen LogP contribution in [0, 0.1) is 11.3 Å². The summed E-state index contributed by atoms with van der Waals surface area (Å²) in [5.41, 5.74) is 2.76. The lowest BCUT2D eigenvalue weighted by Gasteiger charge is -2.06. The van der Waals surface area contributed by atoms with Crippen molar-refractivity contribution in [2.24, 2.45) is 0 Å². The number of hydrogen-bond acceptors (Lipinski definition) is 3. The Kier molecular flexibility index (Phi) is 2.96. The van der Waals surface area contributed by atoms with E-state index in [1.165, 1.54) is 0 Å². The van der Waals surface area contributed by atoms with E-state index in [4.69, 9.17) is 9.68 Å². The molecule has 1 heterocycles. The molecule has 108 valence electrons. The minimum Gasteiger partial charge on any atom is -0.422 e. The molecule has 4 aromatic rings. The zero-order valence-electron chi connectivity index (χ0n) is 12.1. The molecule has 3 aromatic carbocycles. The first-order chi connectivity index (χ1) is 11.3. The third-order valence-corrected chi connectivity index (χ3v) is 3.95. The summed E-state index contributed by atoms with van der Waals surface area (Å²) in [7, 11) is 0. The Bertz CT molecular complexity index is 1140. The summed E-state index contributed by atoms with van der Waals surface area (Å²) in [6, 6.07) is 22.8. The van der Waals surface area contributed by atoms with Gasteiger partial charge in [-0.15, -0.1) is 0 Å². The number of hydrogen-bond donors (Lipinski definition) is 0. The van der Waals surface area contributed by atoms with Crippen LogP contribution in [0.4, 0.5) is 0 Å². The maximum Gasteiger partial charge on any atom is 0.344 e. The van der Waals surface area contributed by atoms with Crippen molar-refractivity contribution in [1.82, 2.24) is 0 Å². The second-order valence-electron chi connectivity index (χ2n) is 5.34. The second kappa shape index (κ2) is 5.11. The molecule has 0 fully saturated rings. The van der Waals surface area contributed by atoms with Gasteiger partial charge >= 0.3 is 5.63 Å². The summed E-state index contributed by atoms with van der Waals surface area (Å²) < 4.78 is 5.36. The van der Waals surface area contributed by atoms with Gasteiger partial charge in [0.25, 0.3) is 0 Å². The van der Waals surface area contributed by atoms with Crippen molar-refractivity contribution in [2.45, 2.75) is 0 Å². The van der Waals surface area contributed by atoms with Crippen molar-refractivity contribution in [3.63, 3.8) is 0 Å². The molecule has 3 heteroatoms. The lowest BCUT2D eigenvalue weighted by Crippen LogP contribution is -2.00. The first-order valence-corrected chi connectivity index (χ1v) is 7.22. The minimum atomic E-state index is -0.364. The van der Waals surface area contributed by atoms with Crippen LogP contribution >= 0.6 is 0 Å². The molecule has 0 aliphatic rings. The molecular weight excluding hydrogens is 286 g/mol. The summed E-state index contributed by atoms with van der Waals surface area (Å²) in [4.78, 5) is 12.2. The highest BCUT2D eigenvalue weighted by Crippen LogP contribution is 2.28. The molecule has 0 saturated heterocycles. The molecule has 23 heavy (non-hydrogen) atoms. The summed E-state index contributed by atoms with van der Waals surface area (Å²) in [5.74, 6) is 0. The zero-order valence-corrected chi connectivity index (χ0v) is 12.1. The Balaban J connectivity index is 2.11. The monoisotopic (exact) mass is 297 g/mol. The predicted molar refractivity (Wildman–Crippen MR) is 90.1 cm³/mol. The van der Waals surface area contributed by atoms with Crippen molar-refractivity contribution in [3.05, 3.63) is 82.7 Å². The van der Waals surface area contributed by atoms with Gasteiger partial charge in [0.2, 0.25) is 0 Å². The average Bonchev–Trinajstić information content (AvgIpc) is 2.62. The highest BCUT2D eigenvalue weighted by atomic mass is 16.4. The fraction of sp³-hybridized carbons (Fsp3) is 0. The van der Waals surface area contributed by atoms with E-state index in [1.807, 2.05) is 42.5 Å². The Morgan fingerprint density at radius 1 is 0.783 bits per heavy atom. The van der Waals surface area contributed by atoms with Crippen LogP contribution in [0.25, 0.3) is 32.9 Å². The van der Waals surface area contributed by atoms with Gasteiger partial charge in [-0.3, -0.25) is 0 Å². The van der Waals surface area contributed by atoms with E-state index >= 15 is 0 Å². The van der Waals surface area contributed by atoms with E-state index < -0.39 is 0 Å². The van der Waals surface area contributed by atoms with Crippen molar-refractivity contribution < 1.29 is 4.42 Å². The lowest BCUT2D eigenvalue weighted by atomic mass is 9.99. The van der Waals surface area contributed by atoms with Crippen molar-refractivity contribution in [2.75, 3.05) is 0 Å². The van der Waals surface area contributed by atoms with Gasteiger partial charge in [-0.05, 0) is 41.5 Å². The van der Waals surface area contributed by atoms with Gasteiger partial charge in [0.1, 0.15) is 5.58 Å². The molecule has 0 atom stereocenters. The number of benzene rings is 3. The van der Waals surface area contributed by atoms with Gasteiger partial charge in [-0.2, -0.15) is 5.26 Å². The summed E-state index contributed by atoms with van der Waals surface area (Å²) in [6.45, 7) is 0. The Morgan fingerprint density at radius 2 is 1.61 bits per heavy atom. The molecule has 0 bridgehead atoms. The number of nitriles is 1. The quantitative estimate of drug-likeness (QED) is 0.384. The molecule has 0 amide bonds. The standard InChI is InChI=1S/C20H11NO2/c21-12-13-6-9-19-18(10-13)17-11-15(14-4-2-1-3-5-14)7-8-16(17)20(22)23-19/h1-11H. The average molecular weight is 297 g/mol. The summed E-state index contributed by atoms with van der Waals surface area (Å²) in [5, 5.41) is 11.2. The van der Waals surface area contributed by atoms with Crippen LogP contribution in [0.5, 0.6) is 0 Å². The molecule has 0 spiro atoms. The topological polar surface area (TPSA) is 54.0 Å². The van der Waals surface area contributed by atoms with Crippen LogP contribution in [0.3, 0.4) is 0 Å². The van der Waals surface area contributed by atoms with E-state index in [0.717, 1.165) is 21.9 Å². The van der Waals surface area contributed by atoms with Crippen LogP contribution in [0.2, 0.25) is 0 Å². The van der Waals surface area contributed by atoms with Gasteiger partial charge < -0.3 is 4.42 Å². The second-order valence-corrected chi connectivity index (χ2v) is 5.34. The maximum atomic E-state index is 12.2. The van der Waals surface area contributed by atoms with Crippen LogP contribution in [0.15, 0.2) is 75.9 Å². The molecule has 4 rings (SSSR count). The Labute approximate surface area is 132 Å². The van der Waals surface area contributed by atoms with E-state index in [2.05, 4.69) is 6.07 Å². The lowest BCUT2D eigenvalue weighted by molar-refractivity contribution is 0.569. The van der Waals surface area contributed by atoms with Gasteiger partial charge in [0.05, 0.1) is 17.0 Å². The maximum absolute atomic E-state index is 12.2. The van der Waals surface area contributed by atoms with Gasteiger partial charge in [-0.25, -0.2) is 4.79 Å². The van der Waals surface area contributed by atoms with Gasteiger partial charge in [0, 0.05) is 10.8 Å². The van der Waals surface area contributed by atoms with Crippen LogP contribution in [-0.4, -0.2) is 0 Å². The van der Waals surface area contributed by atoms with Crippen molar-refractivity contribution >= 4 is 21.7 Å². The highest BCUT2D eigenvalue weighted by Gasteiger charge is 2.09. The predicted octanol–water partition coefficient (Wildman–Crippen LogP) is 4.48. The molecule has 0 N–H and O–H groups in total. The van der Waals surface area contributed by atoms with Gasteiger partial charge in [0.15, 0.2) is 0 Å². The molecule has 0 saturated carbocycles. The smallest absolute Gasteiger partial charge is 0.344 e. The summed E-state index contributed by atoms with van der Waals surface area (Å²) in [6.07, 6.45) is 0. The van der Waals surface area contributed by atoms with E-state index in [9.17, 15) is 4.79 Å². The van der Waals surface area contributed by atoms with E-state index in [-0.39, 0.29) is 5.63 Å². The largest absolute Gasteiger partial charge is 0.422 e. The molecule has 0 aliphatic heterocycles. The molecular formula is C20H11NO2. The number of fused-ring (bicyclic) bond motifs is 3. The fourth-order valence-electron chi connectivity index (χ4n) is 2.81. The highest BCUT2D eigenvalue weighted by molar-refractivity contribution is 6.06. The minimum absolute atomic E-state index is 0.364. The Morgan fingerprint density at radius 3 is 2.39 bits per heavy atom. The molecule has 0 aliphatic carbocycles. The van der Waals surface area contributed by atoms with Crippen LogP contribution in [0.1, 0.15) is 5.56 Å². The molecule has 0 unspecified atom stereocenters. The molecule has 3 nitrogen and oxygen atoms in total. The number of nitrogens with zero attached hydrogens (tertiary/aromatic N) is 1.